The van der Waals surface area contributed by atoms with Crippen LogP contribution in [0.1, 0.15) is 23.6 Å². The van der Waals surface area contributed by atoms with Crippen molar-refractivity contribution in [1.82, 2.24) is 9.97 Å². The highest BCUT2D eigenvalue weighted by molar-refractivity contribution is 8.00. The van der Waals surface area contributed by atoms with E-state index in [1.807, 2.05) is 0 Å². The third kappa shape index (κ3) is 4.39. The maximum Gasteiger partial charge on any atom is 0.451 e. The molecular weight excluding hydrogens is 377 g/mol. The van der Waals surface area contributed by atoms with Crippen molar-refractivity contribution < 1.29 is 22.7 Å². The van der Waals surface area contributed by atoms with Crippen LogP contribution < -0.4 is 0 Å². The number of thioether (sulfide) groups is 1. The fourth-order valence-corrected chi connectivity index (χ4v) is 3.59. The molecule has 0 aliphatic rings. The van der Waals surface area contributed by atoms with Gasteiger partial charge in [0.15, 0.2) is 0 Å². The van der Waals surface area contributed by atoms with E-state index in [1.165, 1.54) is 6.07 Å². The molecular formula is C19H15F3N2O2S. The van der Waals surface area contributed by atoms with E-state index in [0.717, 1.165) is 11.8 Å². The lowest BCUT2D eigenvalue weighted by Gasteiger charge is -2.17. The molecule has 4 nitrogen and oxygen atoms in total. The number of aromatic nitrogens is 2. The third-order valence-electron chi connectivity index (χ3n) is 3.65. The van der Waals surface area contributed by atoms with Gasteiger partial charge in [-0.05, 0) is 18.6 Å². The van der Waals surface area contributed by atoms with E-state index in [-0.39, 0.29) is 17.1 Å². The van der Waals surface area contributed by atoms with Crippen molar-refractivity contribution in [3.05, 3.63) is 66.0 Å². The van der Waals surface area contributed by atoms with Crippen molar-refractivity contribution in [2.45, 2.75) is 23.4 Å². The number of carbonyl (C=O) groups is 1. The average molecular weight is 392 g/mol. The van der Waals surface area contributed by atoms with Gasteiger partial charge in [0.25, 0.3) is 0 Å². The lowest BCUT2D eigenvalue weighted by molar-refractivity contribution is -0.145. The molecule has 0 aliphatic heterocycles. The van der Waals surface area contributed by atoms with Crippen LogP contribution in [0, 0.1) is 0 Å². The van der Waals surface area contributed by atoms with Crippen LogP contribution in [0.25, 0.3) is 10.9 Å². The molecule has 0 amide bonds. The number of hydrogen-bond donors (Lipinski definition) is 0. The molecule has 0 saturated heterocycles. The smallest absolute Gasteiger partial charge is 0.451 e. The Kier molecular flexibility index (Phi) is 5.65. The standard InChI is InChI=1S/C19H15F3N2O2S/c1-2-26-17(25)15(12-8-4-3-5-9-12)27-16-13-10-6-7-11-14(13)23-18(24-16)19(20,21)22/h3-11,15H,2H2,1H3/t15-/m1/s1. The van der Waals surface area contributed by atoms with Gasteiger partial charge < -0.3 is 4.74 Å². The van der Waals surface area contributed by atoms with E-state index in [2.05, 4.69) is 9.97 Å². The van der Waals surface area contributed by atoms with Gasteiger partial charge in [0.2, 0.25) is 5.82 Å². The Morgan fingerprint density at radius 3 is 2.41 bits per heavy atom. The number of halogens is 3. The lowest BCUT2D eigenvalue weighted by Crippen LogP contribution is -2.15. The van der Waals surface area contributed by atoms with Crippen molar-refractivity contribution in [1.29, 1.82) is 0 Å². The normalized spacial score (nSPS) is 12.7. The number of hydrogen-bond acceptors (Lipinski definition) is 5. The van der Waals surface area contributed by atoms with Gasteiger partial charge in [-0.3, -0.25) is 4.79 Å². The van der Waals surface area contributed by atoms with Gasteiger partial charge in [-0.15, -0.1) is 0 Å². The summed E-state index contributed by atoms with van der Waals surface area (Å²) in [6.07, 6.45) is -4.69. The number of fused-ring (bicyclic) bond motifs is 1. The van der Waals surface area contributed by atoms with Crippen molar-refractivity contribution in [2.24, 2.45) is 0 Å². The lowest BCUT2D eigenvalue weighted by atomic mass is 10.1. The van der Waals surface area contributed by atoms with Gasteiger partial charge in [-0.2, -0.15) is 13.2 Å². The van der Waals surface area contributed by atoms with Crippen LogP contribution in [0.15, 0.2) is 59.6 Å². The summed E-state index contributed by atoms with van der Waals surface area (Å²) in [7, 11) is 0. The van der Waals surface area contributed by atoms with Crippen LogP contribution in [0.5, 0.6) is 0 Å². The number of esters is 1. The maximum absolute atomic E-state index is 13.2. The van der Waals surface area contributed by atoms with Crippen molar-refractivity contribution in [2.75, 3.05) is 6.61 Å². The second-order valence-electron chi connectivity index (χ2n) is 5.53. The second kappa shape index (κ2) is 7.96. The number of alkyl halides is 3. The van der Waals surface area contributed by atoms with E-state index in [1.54, 1.807) is 55.5 Å². The van der Waals surface area contributed by atoms with Crippen molar-refractivity contribution in [3.8, 4) is 0 Å². The Bertz CT molecular complexity index is 949. The summed E-state index contributed by atoms with van der Waals surface area (Å²) in [5, 5.41) is -0.318. The number of ether oxygens (including phenoxy) is 1. The fourth-order valence-electron chi connectivity index (χ4n) is 2.47. The summed E-state index contributed by atoms with van der Waals surface area (Å²) in [5.41, 5.74) is 0.787. The van der Waals surface area contributed by atoms with Gasteiger partial charge in [0, 0.05) is 5.39 Å². The van der Waals surface area contributed by atoms with E-state index in [0.29, 0.717) is 10.9 Å². The van der Waals surface area contributed by atoms with Crippen LogP contribution in [-0.2, 0) is 15.7 Å². The molecule has 0 radical (unpaired) electrons. The van der Waals surface area contributed by atoms with Crippen LogP contribution in [0.4, 0.5) is 13.2 Å². The van der Waals surface area contributed by atoms with Gasteiger partial charge in [-0.25, -0.2) is 9.97 Å². The molecule has 8 heteroatoms. The van der Waals surface area contributed by atoms with Crippen molar-refractivity contribution >= 4 is 28.6 Å². The summed E-state index contributed by atoms with van der Waals surface area (Å²) in [5.74, 6) is -1.77. The zero-order valence-corrected chi connectivity index (χ0v) is 15.1. The first kappa shape index (κ1) is 19.2. The Hall–Kier alpha value is -2.61. The second-order valence-corrected chi connectivity index (χ2v) is 6.62. The third-order valence-corrected chi connectivity index (χ3v) is 4.89. The average Bonchev–Trinajstić information content (AvgIpc) is 2.66. The molecule has 1 aromatic heterocycles. The summed E-state index contributed by atoms with van der Waals surface area (Å²) in [4.78, 5) is 19.8. The number of carbonyl (C=O) groups excluding carboxylic acids is 1. The van der Waals surface area contributed by atoms with Gasteiger partial charge >= 0.3 is 12.1 Å². The molecule has 3 aromatic rings. The molecule has 0 N–H and O–H groups in total. The zero-order valence-electron chi connectivity index (χ0n) is 14.2. The molecule has 0 saturated carbocycles. The Balaban J connectivity index is 2.10. The molecule has 2 aromatic carbocycles. The quantitative estimate of drug-likeness (QED) is 0.346. The first-order valence-corrected chi connectivity index (χ1v) is 9.00. The van der Waals surface area contributed by atoms with Crippen molar-refractivity contribution in [3.63, 3.8) is 0 Å². The molecule has 0 bridgehead atoms. The monoisotopic (exact) mass is 392 g/mol. The topological polar surface area (TPSA) is 52.1 Å². The first-order chi connectivity index (χ1) is 12.9. The van der Waals surface area contributed by atoms with E-state index in [9.17, 15) is 18.0 Å². The summed E-state index contributed by atoms with van der Waals surface area (Å²) >= 11 is 0.924. The fraction of sp³-hybridized carbons (Fsp3) is 0.211. The predicted octanol–water partition coefficient (Wildman–Crippen LogP) is 5.05. The van der Waals surface area contributed by atoms with Crippen LogP contribution in [0.3, 0.4) is 0 Å². The zero-order chi connectivity index (χ0) is 19.4. The minimum Gasteiger partial charge on any atom is -0.465 e. The number of rotatable bonds is 5. The Labute approximate surface area is 157 Å². The van der Waals surface area contributed by atoms with Crippen LogP contribution in [0.2, 0.25) is 0 Å². The van der Waals surface area contributed by atoms with Crippen LogP contribution in [-0.4, -0.2) is 22.5 Å². The molecule has 0 spiro atoms. The molecule has 0 unspecified atom stereocenters. The molecule has 27 heavy (non-hydrogen) atoms. The van der Waals surface area contributed by atoms with Crippen LogP contribution >= 0.6 is 11.8 Å². The molecule has 0 fully saturated rings. The maximum atomic E-state index is 13.2. The summed E-state index contributed by atoms with van der Waals surface area (Å²) in [6.45, 7) is 1.84. The largest absolute Gasteiger partial charge is 0.465 e. The molecule has 3 rings (SSSR count). The number of benzene rings is 2. The van der Waals surface area contributed by atoms with E-state index in [4.69, 9.17) is 4.74 Å². The highest BCUT2D eigenvalue weighted by atomic mass is 32.2. The minimum atomic E-state index is -4.69. The number of nitrogens with zero attached hydrogens (tertiary/aromatic N) is 2. The first-order valence-electron chi connectivity index (χ1n) is 8.12. The summed E-state index contributed by atoms with van der Waals surface area (Å²) < 4.78 is 44.7. The predicted molar refractivity (Wildman–Crippen MR) is 96.2 cm³/mol. The SMILES string of the molecule is CCOC(=O)[C@H](Sc1nc(C(F)(F)F)nc2ccccc12)c1ccccc1. The highest BCUT2D eigenvalue weighted by Gasteiger charge is 2.36. The van der Waals surface area contributed by atoms with E-state index >= 15 is 0 Å². The minimum absolute atomic E-state index is 0.0785. The summed E-state index contributed by atoms with van der Waals surface area (Å²) in [6, 6.07) is 15.1. The molecule has 1 atom stereocenters. The molecule has 140 valence electrons. The Morgan fingerprint density at radius 1 is 1.07 bits per heavy atom. The van der Waals surface area contributed by atoms with Gasteiger partial charge in [0.1, 0.15) is 10.3 Å². The van der Waals surface area contributed by atoms with Gasteiger partial charge in [0.05, 0.1) is 12.1 Å². The molecule has 1 heterocycles. The highest BCUT2D eigenvalue weighted by Crippen LogP contribution is 2.39. The van der Waals surface area contributed by atoms with Gasteiger partial charge in [-0.1, -0.05) is 60.3 Å². The van der Waals surface area contributed by atoms with E-state index < -0.39 is 23.2 Å². The Morgan fingerprint density at radius 2 is 1.74 bits per heavy atom. The number of para-hydroxylation sites is 1. The molecule has 0 aliphatic carbocycles.